The predicted octanol–water partition coefficient (Wildman–Crippen LogP) is -1.64. The third-order valence-corrected chi connectivity index (χ3v) is 4.64. The summed E-state index contributed by atoms with van der Waals surface area (Å²) in [6.07, 6.45) is -2.53. The molecule has 0 heterocycles. The molecule has 158 valence electrons. The van der Waals surface area contributed by atoms with Crippen LogP contribution in [0.5, 0.6) is 0 Å². The summed E-state index contributed by atoms with van der Waals surface area (Å²) < 4.78 is 8.08. The number of carbonyl (C=O) groups is 6. The number of aliphatic hydroxyl groups is 3. The van der Waals surface area contributed by atoms with Gasteiger partial charge in [-0.05, 0) is 36.7 Å². The fourth-order valence-electron chi connectivity index (χ4n) is 3.00. The molecule has 0 saturated carbocycles. The fraction of sp³-hybridized carbons (Fsp3) is 0.625. The van der Waals surface area contributed by atoms with E-state index in [1.807, 2.05) is 0 Å². The number of halogens is 1. The van der Waals surface area contributed by atoms with Crippen LogP contribution in [0.15, 0.2) is 0 Å². The van der Waals surface area contributed by atoms with Gasteiger partial charge in [-0.2, -0.15) is 0 Å². The summed E-state index contributed by atoms with van der Waals surface area (Å²) in [6, 6.07) is 0. The first-order chi connectivity index (χ1) is 12.6. The Morgan fingerprint density at radius 3 is 1.50 bits per heavy atom. The highest BCUT2D eigenvalue weighted by Crippen LogP contribution is 2.45. The summed E-state index contributed by atoms with van der Waals surface area (Å²) in [4.78, 5) is 73.5. The summed E-state index contributed by atoms with van der Waals surface area (Å²) in [5.74, 6) is -7.11. The molecule has 0 unspecified atom stereocenters. The molecule has 0 aliphatic rings. The first-order valence-electron chi connectivity index (χ1n) is 7.73. The molecule has 0 rings (SSSR count). The average molecular weight is 469 g/mol. The highest BCUT2D eigenvalue weighted by Gasteiger charge is 2.79. The Bertz CT molecular complexity index is 701. The highest BCUT2D eigenvalue weighted by molar-refractivity contribution is 9.18. The smallest absolute Gasteiger partial charge is 0.304 e. The molecule has 28 heavy (non-hydrogen) atoms. The molecular weight excluding hydrogens is 448 g/mol. The van der Waals surface area contributed by atoms with Gasteiger partial charge in [0.1, 0.15) is 6.10 Å². The predicted molar refractivity (Wildman–Crippen MR) is 93.0 cm³/mol. The first kappa shape index (κ1) is 26.0. The van der Waals surface area contributed by atoms with Gasteiger partial charge in [-0.3, -0.25) is 28.8 Å². The zero-order valence-corrected chi connectivity index (χ0v) is 17.4. The van der Waals surface area contributed by atoms with Crippen molar-refractivity contribution in [2.45, 2.75) is 57.5 Å². The second kappa shape index (κ2) is 8.99. The molecule has 0 bridgehead atoms. The molecule has 12 heteroatoms. The van der Waals surface area contributed by atoms with E-state index in [0.29, 0.717) is 27.7 Å². The number of ether oxygens (including phenoxy) is 2. The number of esters is 2. The van der Waals surface area contributed by atoms with Gasteiger partial charge in [0.2, 0.25) is 5.60 Å². The van der Waals surface area contributed by atoms with E-state index >= 15 is 0 Å². The van der Waals surface area contributed by atoms with E-state index in [9.17, 15) is 44.1 Å². The standard InChI is InChI=1S/C16H21BrO11/c1-7(19)14(26,12(24)6-18)16(9(3)21,28-11(5)23)15(8(2)20,13(17)25)27-10(4)22/h12,18,24,26H,6H2,1-5H3/t12-,14-,15+,16+/m1/s1. The molecule has 4 atom stereocenters. The molecule has 0 spiro atoms. The van der Waals surface area contributed by atoms with Crippen molar-refractivity contribution in [3.8, 4) is 0 Å². The van der Waals surface area contributed by atoms with Crippen molar-refractivity contribution >= 4 is 49.9 Å². The van der Waals surface area contributed by atoms with Crippen molar-refractivity contribution in [3.05, 3.63) is 0 Å². The zero-order chi connectivity index (χ0) is 22.7. The SMILES string of the molecule is CC(=O)O[C@@](C(C)=O)(C(=O)Br)[C@](OC(C)=O)(C(C)=O)[C@@](O)(C(C)=O)[C@H](O)CO. The average Bonchev–Trinajstić information content (AvgIpc) is 2.54. The van der Waals surface area contributed by atoms with Gasteiger partial charge in [-0.15, -0.1) is 0 Å². The summed E-state index contributed by atoms with van der Waals surface area (Å²) >= 11 is 2.39. The molecule has 0 amide bonds. The van der Waals surface area contributed by atoms with Crippen molar-refractivity contribution in [3.63, 3.8) is 0 Å². The molecule has 0 aromatic carbocycles. The molecular formula is C16H21BrO11. The Morgan fingerprint density at radius 1 is 0.857 bits per heavy atom. The topological polar surface area (TPSA) is 182 Å². The van der Waals surface area contributed by atoms with Crippen LogP contribution >= 0.6 is 15.9 Å². The van der Waals surface area contributed by atoms with E-state index in [4.69, 9.17) is 9.47 Å². The lowest BCUT2D eigenvalue weighted by molar-refractivity contribution is -0.257. The Kier molecular flexibility index (Phi) is 8.34. The number of aliphatic hydroxyl groups excluding tert-OH is 2. The van der Waals surface area contributed by atoms with Gasteiger partial charge >= 0.3 is 11.9 Å². The quantitative estimate of drug-likeness (QED) is 0.190. The second-order valence-electron chi connectivity index (χ2n) is 5.96. The zero-order valence-electron chi connectivity index (χ0n) is 15.8. The number of ketones is 3. The van der Waals surface area contributed by atoms with Crippen LogP contribution in [0.3, 0.4) is 0 Å². The Hall–Kier alpha value is -2.02. The number of hydrogen-bond acceptors (Lipinski definition) is 11. The molecule has 0 radical (unpaired) electrons. The number of Topliss-reactive ketones (excluding diaryl/α,β-unsaturated/α-hetero) is 3. The normalized spacial score (nSPS) is 18.5. The minimum Gasteiger partial charge on any atom is -0.442 e. The van der Waals surface area contributed by atoms with E-state index in [0.717, 1.165) is 6.92 Å². The van der Waals surface area contributed by atoms with Gasteiger partial charge < -0.3 is 24.8 Å². The monoisotopic (exact) mass is 468 g/mol. The number of rotatable bonds is 10. The molecule has 0 aromatic heterocycles. The van der Waals surface area contributed by atoms with Crippen molar-refractivity contribution < 1.29 is 53.6 Å². The molecule has 0 fully saturated rings. The molecule has 0 aliphatic heterocycles. The molecule has 11 nitrogen and oxygen atoms in total. The maximum absolute atomic E-state index is 12.7. The fourth-order valence-corrected chi connectivity index (χ4v) is 3.63. The third kappa shape index (κ3) is 3.77. The Morgan fingerprint density at radius 2 is 1.29 bits per heavy atom. The van der Waals surface area contributed by atoms with Crippen LogP contribution in [0.2, 0.25) is 0 Å². The van der Waals surface area contributed by atoms with Gasteiger partial charge in [0.05, 0.1) is 6.61 Å². The maximum atomic E-state index is 12.7. The van der Waals surface area contributed by atoms with Gasteiger partial charge in [-0.25, -0.2) is 0 Å². The van der Waals surface area contributed by atoms with E-state index in [1.54, 1.807) is 0 Å². The summed E-state index contributed by atoms with van der Waals surface area (Å²) in [5.41, 5.74) is -10.5. The van der Waals surface area contributed by atoms with E-state index in [2.05, 4.69) is 15.9 Å². The lowest BCUT2D eigenvalue weighted by atomic mass is 9.63. The van der Waals surface area contributed by atoms with Gasteiger partial charge in [-0.1, -0.05) is 0 Å². The lowest BCUT2D eigenvalue weighted by Gasteiger charge is -2.51. The molecule has 0 saturated heterocycles. The van der Waals surface area contributed by atoms with E-state index in [-0.39, 0.29) is 0 Å². The molecule has 0 aromatic rings. The summed E-state index contributed by atoms with van der Waals surface area (Å²) in [7, 11) is 0. The first-order valence-corrected chi connectivity index (χ1v) is 8.52. The van der Waals surface area contributed by atoms with Crippen LogP contribution in [0.4, 0.5) is 0 Å². The third-order valence-electron chi connectivity index (χ3n) is 4.09. The van der Waals surface area contributed by atoms with Crippen LogP contribution in [0.25, 0.3) is 0 Å². The minimum atomic E-state index is -3.57. The number of hydrogen-bond donors (Lipinski definition) is 3. The minimum absolute atomic E-state index is 0.623. The van der Waals surface area contributed by atoms with Crippen LogP contribution in [-0.2, 0) is 38.2 Å². The van der Waals surface area contributed by atoms with Crippen LogP contribution in [0.1, 0.15) is 34.6 Å². The van der Waals surface area contributed by atoms with Crippen molar-refractivity contribution in [2.75, 3.05) is 6.61 Å². The molecule has 0 aliphatic carbocycles. The summed E-state index contributed by atoms with van der Waals surface area (Å²) in [6.45, 7) is 2.00. The summed E-state index contributed by atoms with van der Waals surface area (Å²) in [5, 5.41) is 30.5. The van der Waals surface area contributed by atoms with Crippen molar-refractivity contribution in [2.24, 2.45) is 0 Å². The van der Waals surface area contributed by atoms with Gasteiger partial charge in [0.25, 0.3) is 15.9 Å². The Balaban J connectivity index is 7.83. The second-order valence-corrected chi connectivity index (χ2v) is 6.68. The number of carbonyl (C=O) groups excluding carboxylic acids is 6. The molecule has 3 N–H and O–H groups in total. The maximum Gasteiger partial charge on any atom is 0.304 e. The van der Waals surface area contributed by atoms with Gasteiger partial charge in [0.15, 0.2) is 17.3 Å². The van der Waals surface area contributed by atoms with Crippen LogP contribution in [0, 0.1) is 0 Å². The van der Waals surface area contributed by atoms with E-state index in [1.165, 1.54) is 0 Å². The highest BCUT2D eigenvalue weighted by atomic mass is 79.9. The van der Waals surface area contributed by atoms with E-state index < -0.39 is 63.5 Å². The van der Waals surface area contributed by atoms with Crippen molar-refractivity contribution in [1.29, 1.82) is 0 Å². The van der Waals surface area contributed by atoms with Crippen molar-refractivity contribution in [1.82, 2.24) is 0 Å². The van der Waals surface area contributed by atoms with Crippen LogP contribution in [-0.4, -0.2) is 78.8 Å². The van der Waals surface area contributed by atoms with Gasteiger partial charge in [0, 0.05) is 13.8 Å². The largest absolute Gasteiger partial charge is 0.442 e. The van der Waals surface area contributed by atoms with Crippen LogP contribution < -0.4 is 0 Å². The Labute approximate surface area is 168 Å². The lowest BCUT2D eigenvalue weighted by Crippen LogP contribution is -2.82.